The standard InChI is InChI=1S/C28H42O/c1-19(2)20(3)9-10-22(5)26-15-16-27-23(8-7-17-28(26,27)6)12-13-24-18-25(29)14-11-21(24)4/h9-10,12-13,19,22,25-27,29H,3-4,7-8,11,14-18H2,1-2,5-6H3/b10-9+,23-12+,24-13-/t22?,25-,26+,27?,28+/m0/s1. The van der Waals surface area contributed by atoms with Crippen LogP contribution in [0, 0.1) is 29.1 Å². The van der Waals surface area contributed by atoms with Gasteiger partial charge in [-0.25, -0.2) is 0 Å². The Morgan fingerprint density at radius 2 is 1.90 bits per heavy atom. The molecule has 29 heavy (non-hydrogen) atoms. The van der Waals surface area contributed by atoms with E-state index in [2.05, 4.69) is 65.2 Å². The van der Waals surface area contributed by atoms with Crippen LogP contribution >= 0.6 is 0 Å². The Morgan fingerprint density at radius 3 is 2.62 bits per heavy atom. The molecule has 1 nitrogen and oxygen atoms in total. The third-order valence-electron chi connectivity index (χ3n) is 8.22. The zero-order valence-electron chi connectivity index (χ0n) is 19.2. The van der Waals surface area contributed by atoms with Crippen molar-refractivity contribution in [3.05, 3.63) is 59.8 Å². The lowest BCUT2D eigenvalue weighted by Crippen LogP contribution is -2.35. The highest BCUT2D eigenvalue weighted by Gasteiger charge is 2.50. The third kappa shape index (κ3) is 4.88. The Labute approximate surface area is 179 Å². The van der Waals surface area contributed by atoms with Gasteiger partial charge in [-0.15, -0.1) is 0 Å². The van der Waals surface area contributed by atoms with E-state index in [-0.39, 0.29) is 6.10 Å². The first kappa shape index (κ1) is 22.3. The van der Waals surface area contributed by atoms with Crippen LogP contribution in [0.2, 0.25) is 0 Å². The van der Waals surface area contributed by atoms with Gasteiger partial charge in [0.2, 0.25) is 0 Å². The molecule has 0 radical (unpaired) electrons. The zero-order chi connectivity index (χ0) is 21.2. The molecular formula is C28H42O. The SMILES string of the molecule is C=C1CC[C@H](O)C/C1=C/C=C1\CCC[C@@]2(C)C1CC[C@@H]2C(C)/C=C/C(=C)C(C)C. The van der Waals surface area contributed by atoms with E-state index in [4.69, 9.17) is 0 Å². The van der Waals surface area contributed by atoms with E-state index in [9.17, 15) is 5.11 Å². The number of rotatable bonds is 5. The van der Waals surface area contributed by atoms with Gasteiger partial charge in [0.1, 0.15) is 0 Å². The fourth-order valence-electron chi connectivity index (χ4n) is 6.14. The van der Waals surface area contributed by atoms with Crippen molar-refractivity contribution in [2.45, 2.75) is 85.2 Å². The van der Waals surface area contributed by atoms with Crippen molar-refractivity contribution in [1.82, 2.24) is 0 Å². The fraction of sp³-hybridized carbons (Fsp3) is 0.643. The molecule has 160 valence electrons. The fourth-order valence-corrected chi connectivity index (χ4v) is 6.14. The summed E-state index contributed by atoms with van der Waals surface area (Å²) >= 11 is 0. The van der Waals surface area contributed by atoms with Crippen LogP contribution in [0.5, 0.6) is 0 Å². The maximum absolute atomic E-state index is 10.0. The van der Waals surface area contributed by atoms with Gasteiger partial charge >= 0.3 is 0 Å². The van der Waals surface area contributed by atoms with Gasteiger partial charge in [-0.3, -0.25) is 0 Å². The van der Waals surface area contributed by atoms with Crippen molar-refractivity contribution in [3.8, 4) is 0 Å². The molecule has 0 spiro atoms. The summed E-state index contributed by atoms with van der Waals surface area (Å²) in [6, 6.07) is 0. The largest absolute Gasteiger partial charge is 0.393 e. The van der Waals surface area contributed by atoms with Crippen molar-refractivity contribution in [1.29, 1.82) is 0 Å². The van der Waals surface area contributed by atoms with Gasteiger partial charge in [0.25, 0.3) is 0 Å². The molecule has 1 heteroatoms. The Bertz CT molecular complexity index is 719. The Hall–Kier alpha value is -1.34. The molecule has 0 aliphatic heterocycles. The minimum Gasteiger partial charge on any atom is -0.393 e. The van der Waals surface area contributed by atoms with Crippen LogP contribution in [-0.4, -0.2) is 11.2 Å². The first-order valence-corrected chi connectivity index (χ1v) is 11.8. The Kier molecular flexibility index (Phi) is 7.10. The molecule has 2 unspecified atom stereocenters. The van der Waals surface area contributed by atoms with Gasteiger partial charge in [-0.1, -0.05) is 81.9 Å². The van der Waals surface area contributed by atoms with Gasteiger partial charge in [-0.05, 0) is 86.0 Å². The summed E-state index contributed by atoms with van der Waals surface area (Å²) in [5, 5.41) is 10.0. The summed E-state index contributed by atoms with van der Waals surface area (Å²) in [5.41, 5.74) is 5.78. The molecule has 3 rings (SSSR count). The molecule has 0 aromatic heterocycles. The van der Waals surface area contributed by atoms with Crippen LogP contribution in [0.25, 0.3) is 0 Å². The highest BCUT2D eigenvalue weighted by Crippen LogP contribution is 2.59. The molecule has 3 fully saturated rings. The second-order valence-corrected chi connectivity index (χ2v) is 10.5. The van der Waals surface area contributed by atoms with Crippen molar-refractivity contribution in [2.24, 2.45) is 29.1 Å². The number of aliphatic hydroxyl groups excluding tert-OH is 1. The molecule has 0 aromatic carbocycles. The second-order valence-electron chi connectivity index (χ2n) is 10.5. The number of aliphatic hydroxyl groups is 1. The first-order chi connectivity index (χ1) is 13.7. The number of hydrogen-bond donors (Lipinski definition) is 1. The molecule has 3 aliphatic rings. The van der Waals surface area contributed by atoms with E-state index in [1.807, 2.05) is 0 Å². The van der Waals surface area contributed by atoms with Crippen LogP contribution < -0.4 is 0 Å². The van der Waals surface area contributed by atoms with Crippen LogP contribution in [0.3, 0.4) is 0 Å². The lowest BCUT2D eigenvalue weighted by Gasteiger charge is -2.44. The quantitative estimate of drug-likeness (QED) is 0.477. The predicted octanol–water partition coefficient (Wildman–Crippen LogP) is 7.56. The summed E-state index contributed by atoms with van der Waals surface area (Å²) < 4.78 is 0. The summed E-state index contributed by atoms with van der Waals surface area (Å²) in [4.78, 5) is 0. The van der Waals surface area contributed by atoms with Crippen molar-refractivity contribution in [3.63, 3.8) is 0 Å². The van der Waals surface area contributed by atoms with Gasteiger partial charge < -0.3 is 5.11 Å². The van der Waals surface area contributed by atoms with Crippen molar-refractivity contribution < 1.29 is 5.11 Å². The highest BCUT2D eigenvalue weighted by molar-refractivity contribution is 5.36. The van der Waals surface area contributed by atoms with E-state index in [1.165, 1.54) is 48.8 Å². The van der Waals surface area contributed by atoms with E-state index in [1.54, 1.807) is 5.57 Å². The smallest absolute Gasteiger partial charge is 0.0583 e. The van der Waals surface area contributed by atoms with Crippen molar-refractivity contribution in [2.75, 3.05) is 0 Å². The minimum absolute atomic E-state index is 0.189. The molecule has 5 atom stereocenters. The van der Waals surface area contributed by atoms with E-state index < -0.39 is 0 Å². The average molecular weight is 395 g/mol. The van der Waals surface area contributed by atoms with Gasteiger partial charge in [0.15, 0.2) is 0 Å². The average Bonchev–Trinajstić information content (AvgIpc) is 3.04. The topological polar surface area (TPSA) is 20.2 Å². The minimum atomic E-state index is -0.189. The maximum atomic E-state index is 10.0. The molecular weight excluding hydrogens is 352 g/mol. The van der Waals surface area contributed by atoms with Crippen molar-refractivity contribution >= 4 is 0 Å². The van der Waals surface area contributed by atoms with Crippen LogP contribution in [0.15, 0.2) is 59.8 Å². The predicted molar refractivity (Wildman–Crippen MR) is 126 cm³/mol. The summed E-state index contributed by atoms with van der Waals surface area (Å²) in [7, 11) is 0. The number of fused-ring (bicyclic) bond motifs is 1. The maximum Gasteiger partial charge on any atom is 0.0583 e. The summed E-state index contributed by atoms with van der Waals surface area (Å²) in [5.74, 6) is 2.60. The molecule has 0 aromatic rings. The lowest BCUT2D eigenvalue weighted by atomic mass is 9.61. The first-order valence-electron chi connectivity index (χ1n) is 11.8. The molecule has 0 heterocycles. The highest BCUT2D eigenvalue weighted by atomic mass is 16.3. The third-order valence-corrected chi connectivity index (χ3v) is 8.22. The van der Waals surface area contributed by atoms with E-state index >= 15 is 0 Å². The Morgan fingerprint density at radius 1 is 1.14 bits per heavy atom. The van der Waals surface area contributed by atoms with E-state index in [0.717, 1.165) is 25.2 Å². The van der Waals surface area contributed by atoms with Gasteiger partial charge in [0, 0.05) is 0 Å². The molecule has 3 aliphatic carbocycles. The van der Waals surface area contributed by atoms with Crippen LogP contribution in [0.1, 0.15) is 79.1 Å². The molecule has 1 N–H and O–H groups in total. The lowest BCUT2D eigenvalue weighted by molar-refractivity contribution is 0.112. The molecule has 3 saturated carbocycles. The molecule has 0 saturated heterocycles. The van der Waals surface area contributed by atoms with Gasteiger partial charge in [0.05, 0.1) is 6.10 Å². The summed E-state index contributed by atoms with van der Waals surface area (Å²) in [6.45, 7) is 17.9. The number of allylic oxidation sites excluding steroid dienone is 7. The summed E-state index contributed by atoms with van der Waals surface area (Å²) in [6.07, 6.45) is 18.3. The van der Waals surface area contributed by atoms with E-state index in [0.29, 0.717) is 23.2 Å². The van der Waals surface area contributed by atoms with Crippen LogP contribution in [0.4, 0.5) is 0 Å². The Balaban J connectivity index is 1.76. The monoisotopic (exact) mass is 394 g/mol. The second kappa shape index (κ2) is 9.21. The van der Waals surface area contributed by atoms with Crippen LogP contribution in [-0.2, 0) is 0 Å². The normalized spacial score (nSPS) is 36.9. The molecule has 0 amide bonds. The zero-order valence-corrected chi connectivity index (χ0v) is 19.2. The van der Waals surface area contributed by atoms with Gasteiger partial charge in [-0.2, -0.15) is 0 Å². The molecule has 0 bridgehead atoms. The number of hydrogen-bond acceptors (Lipinski definition) is 1.